The van der Waals surface area contributed by atoms with Gasteiger partial charge in [0.1, 0.15) is 0 Å². The SMILES string of the molecule is c1ccc2cc3c(cc4cccc3c4=c3c4cccc3c3cc5ccccc5cc3c4)cc2c1. The van der Waals surface area contributed by atoms with Gasteiger partial charge >= 0.3 is 0 Å². The van der Waals surface area contributed by atoms with Crippen LogP contribution in [0.4, 0.5) is 0 Å². The van der Waals surface area contributed by atoms with Crippen molar-refractivity contribution < 1.29 is 0 Å². The van der Waals surface area contributed by atoms with Crippen LogP contribution < -0.4 is 0 Å². The molecule has 0 aliphatic heterocycles. The van der Waals surface area contributed by atoms with Gasteiger partial charge < -0.3 is 0 Å². The highest BCUT2D eigenvalue weighted by Crippen LogP contribution is 2.35. The Morgan fingerprint density at radius 2 is 0.588 bits per heavy atom. The van der Waals surface area contributed by atoms with E-state index in [1.807, 2.05) is 0 Å². The van der Waals surface area contributed by atoms with Crippen LogP contribution in [0.5, 0.6) is 0 Å². The van der Waals surface area contributed by atoms with Gasteiger partial charge in [-0.3, -0.25) is 0 Å². The highest BCUT2D eigenvalue weighted by atomic mass is 14.1. The maximum Gasteiger partial charge on any atom is -0.00201 e. The summed E-state index contributed by atoms with van der Waals surface area (Å²) in [5, 5.41) is 18.4. The Morgan fingerprint density at radius 3 is 1.03 bits per heavy atom. The van der Waals surface area contributed by atoms with Crippen LogP contribution in [0.2, 0.25) is 0 Å². The van der Waals surface area contributed by atoms with Gasteiger partial charge in [0, 0.05) is 0 Å². The van der Waals surface area contributed by atoms with E-state index < -0.39 is 0 Å². The molecule has 0 amide bonds. The molecule has 0 aliphatic carbocycles. The van der Waals surface area contributed by atoms with E-state index in [9.17, 15) is 0 Å². The Bertz CT molecular complexity index is 2010. The minimum absolute atomic E-state index is 1.29. The zero-order valence-electron chi connectivity index (χ0n) is 18.5. The zero-order valence-corrected chi connectivity index (χ0v) is 18.5. The quantitative estimate of drug-likeness (QED) is 0.211. The largest absolute Gasteiger partial charge is 0.0616 e. The van der Waals surface area contributed by atoms with Crippen LogP contribution in [0, 0.1) is 10.4 Å². The van der Waals surface area contributed by atoms with Gasteiger partial charge in [-0.15, -0.1) is 0 Å². The fourth-order valence-electron chi connectivity index (χ4n) is 5.94. The molecule has 0 heterocycles. The molecule has 0 aromatic heterocycles. The lowest BCUT2D eigenvalue weighted by molar-refractivity contribution is 1.64. The molecule has 34 heavy (non-hydrogen) atoms. The van der Waals surface area contributed by atoms with Crippen molar-refractivity contribution in [3.8, 4) is 0 Å². The summed E-state index contributed by atoms with van der Waals surface area (Å²) in [5.41, 5.74) is 0. The minimum Gasteiger partial charge on any atom is -0.0616 e. The molecule has 8 rings (SSSR count). The number of hydrogen-bond donors (Lipinski definition) is 0. The van der Waals surface area contributed by atoms with Gasteiger partial charge in [0.2, 0.25) is 0 Å². The van der Waals surface area contributed by atoms with Gasteiger partial charge in [0.15, 0.2) is 0 Å². The summed E-state index contributed by atoms with van der Waals surface area (Å²) in [6.07, 6.45) is 0. The molecule has 0 N–H and O–H groups in total. The van der Waals surface area contributed by atoms with E-state index in [0.29, 0.717) is 0 Å². The third-order valence-electron chi connectivity index (χ3n) is 7.48. The van der Waals surface area contributed by atoms with Gasteiger partial charge in [-0.05, 0) is 111 Å². The van der Waals surface area contributed by atoms with Crippen LogP contribution >= 0.6 is 0 Å². The molecule has 0 unspecified atom stereocenters. The van der Waals surface area contributed by atoms with Crippen molar-refractivity contribution >= 4 is 64.6 Å². The second-order valence-electron chi connectivity index (χ2n) is 9.40. The molecule has 0 saturated heterocycles. The average Bonchev–Trinajstić information content (AvgIpc) is 2.86. The Morgan fingerprint density at radius 1 is 0.235 bits per heavy atom. The van der Waals surface area contributed by atoms with Gasteiger partial charge in [-0.25, -0.2) is 0 Å². The van der Waals surface area contributed by atoms with Crippen molar-refractivity contribution in [2.45, 2.75) is 0 Å². The molecule has 0 nitrogen and oxygen atoms in total. The second-order valence-corrected chi connectivity index (χ2v) is 9.40. The van der Waals surface area contributed by atoms with E-state index in [4.69, 9.17) is 0 Å². The van der Waals surface area contributed by atoms with Crippen molar-refractivity contribution in [2.75, 3.05) is 0 Å². The molecule has 0 fully saturated rings. The number of hydrogen-bond acceptors (Lipinski definition) is 0. The predicted octanol–water partition coefficient (Wildman–Crippen LogP) is 9.33. The van der Waals surface area contributed by atoms with Crippen molar-refractivity contribution in [3.63, 3.8) is 0 Å². The van der Waals surface area contributed by atoms with E-state index >= 15 is 0 Å². The lowest BCUT2D eigenvalue weighted by Crippen LogP contribution is -1.88. The molecular formula is C34H20. The van der Waals surface area contributed by atoms with Crippen molar-refractivity contribution in [1.29, 1.82) is 0 Å². The summed E-state index contributed by atoms with van der Waals surface area (Å²) in [4.78, 5) is 0. The van der Waals surface area contributed by atoms with Crippen LogP contribution in [-0.2, 0) is 0 Å². The van der Waals surface area contributed by atoms with Crippen LogP contribution in [0.25, 0.3) is 64.6 Å². The third-order valence-corrected chi connectivity index (χ3v) is 7.48. The third kappa shape index (κ3) is 2.43. The molecule has 0 aliphatic rings. The first kappa shape index (κ1) is 18.1. The highest BCUT2D eigenvalue weighted by molar-refractivity contribution is 6.12. The standard InChI is InChI=1S/C34H20/c1-3-9-23-19-31-27(15-21(23)7-1)17-25-11-5-13-29(31)33(25)34-26-12-6-14-30(34)32-20-24-10-4-2-8-22(24)16-28(32)18-26/h1-20H. The van der Waals surface area contributed by atoms with Gasteiger partial charge in [-0.2, -0.15) is 0 Å². The van der Waals surface area contributed by atoms with E-state index in [1.165, 1.54) is 75.1 Å². The Hall–Kier alpha value is -4.42. The summed E-state index contributed by atoms with van der Waals surface area (Å²) >= 11 is 0. The molecule has 156 valence electrons. The minimum atomic E-state index is 1.29. The first-order valence-electron chi connectivity index (χ1n) is 11.9. The first-order chi connectivity index (χ1) is 16.8. The van der Waals surface area contributed by atoms with Gasteiger partial charge in [0.05, 0.1) is 0 Å². The fraction of sp³-hybridized carbons (Fsp3) is 0. The normalized spacial score (nSPS) is 13.2. The molecule has 8 aromatic rings. The second kappa shape index (κ2) is 6.56. The number of fused-ring (bicyclic) bond motifs is 10. The molecule has 0 radical (unpaired) electrons. The van der Waals surface area contributed by atoms with E-state index in [1.54, 1.807) is 0 Å². The summed E-state index contributed by atoms with van der Waals surface area (Å²) in [6.45, 7) is 0. The van der Waals surface area contributed by atoms with Crippen molar-refractivity contribution in [3.05, 3.63) is 132 Å². The van der Waals surface area contributed by atoms with Crippen molar-refractivity contribution in [1.82, 2.24) is 0 Å². The molecule has 4 bridgehead atoms. The monoisotopic (exact) mass is 428 g/mol. The lowest BCUT2D eigenvalue weighted by atomic mass is 9.91. The van der Waals surface area contributed by atoms with Gasteiger partial charge in [-0.1, -0.05) is 84.9 Å². The summed E-state index contributed by atoms with van der Waals surface area (Å²) in [5.74, 6) is 0. The molecular weight excluding hydrogens is 408 g/mol. The van der Waals surface area contributed by atoms with E-state index in [-0.39, 0.29) is 0 Å². The average molecular weight is 429 g/mol. The smallest absolute Gasteiger partial charge is 0.00201 e. The number of rotatable bonds is 0. The maximum atomic E-state index is 2.37. The predicted molar refractivity (Wildman–Crippen MR) is 147 cm³/mol. The molecule has 0 spiro atoms. The lowest BCUT2D eigenvalue weighted by Gasteiger charge is -2.12. The van der Waals surface area contributed by atoms with E-state index in [2.05, 4.69) is 121 Å². The molecule has 8 aromatic carbocycles. The van der Waals surface area contributed by atoms with E-state index in [0.717, 1.165) is 0 Å². The summed E-state index contributed by atoms with van der Waals surface area (Å²) in [7, 11) is 0. The Kier molecular flexibility index (Phi) is 3.48. The van der Waals surface area contributed by atoms with Crippen LogP contribution in [0.15, 0.2) is 121 Å². The topological polar surface area (TPSA) is 0 Å². The summed E-state index contributed by atoms with van der Waals surface area (Å²) in [6, 6.07) is 45.0. The van der Waals surface area contributed by atoms with Crippen molar-refractivity contribution in [2.24, 2.45) is 0 Å². The highest BCUT2D eigenvalue weighted by Gasteiger charge is 2.10. The Balaban J connectivity index is 1.66. The number of benzene rings is 8. The first-order valence-corrected chi connectivity index (χ1v) is 11.9. The molecule has 0 heteroatoms. The summed E-state index contributed by atoms with van der Waals surface area (Å²) < 4.78 is 0. The Labute approximate surface area is 196 Å². The van der Waals surface area contributed by atoms with Crippen LogP contribution in [0.3, 0.4) is 0 Å². The fourth-order valence-corrected chi connectivity index (χ4v) is 5.94. The maximum absolute atomic E-state index is 2.37. The van der Waals surface area contributed by atoms with Gasteiger partial charge in [0.25, 0.3) is 0 Å². The molecule has 0 saturated carbocycles. The molecule has 0 atom stereocenters. The van der Waals surface area contributed by atoms with Crippen LogP contribution in [-0.4, -0.2) is 0 Å². The van der Waals surface area contributed by atoms with Crippen LogP contribution in [0.1, 0.15) is 0 Å². The zero-order chi connectivity index (χ0) is 22.2.